The van der Waals surface area contributed by atoms with Gasteiger partial charge in [-0.3, -0.25) is 9.78 Å². The maximum absolute atomic E-state index is 12.8. The first-order valence-corrected chi connectivity index (χ1v) is 8.86. The standard InChI is InChI=1S/C18H28N4O3/c1-13(2)11-16(17(24)22-9-5-14(12-23)6-10-22)21-18(25)20-15-3-7-19-8-4-15/h3-4,7-8,13-14,16,23H,5-6,9-12H2,1-2H3,(H2,19,20,21,25)/t16-/m0/s1. The molecule has 138 valence electrons. The minimum atomic E-state index is -0.549. The van der Waals surface area contributed by atoms with Crippen LogP contribution in [-0.2, 0) is 4.79 Å². The van der Waals surface area contributed by atoms with E-state index < -0.39 is 12.1 Å². The van der Waals surface area contributed by atoms with Crippen LogP contribution in [0.15, 0.2) is 24.5 Å². The zero-order chi connectivity index (χ0) is 18.2. The van der Waals surface area contributed by atoms with E-state index in [0.29, 0.717) is 25.2 Å². The predicted molar refractivity (Wildman–Crippen MR) is 96.0 cm³/mol. The second-order valence-electron chi connectivity index (χ2n) is 6.97. The highest BCUT2D eigenvalue weighted by molar-refractivity contribution is 5.93. The number of urea groups is 1. The van der Waals surface area contributed by atoms with E-state index in [9.17, 15) is 14.7 Å². The second-order valence-corrected chi connectivity index (χ2v) is 6.97. The number of aromatic nitrogens is 1. The molecule has 0 bridgehead atoms. The van der Waals surface area contributed by atoms with Crippen LogP contribution in [0.1, 0.15) is 33.1 Å². The number of aliphatic hydroxyl groups excluding tert-OH is 1. The molecule has 7 heteroatoms. The van der Waals surface area contributed by atoms with Crippen molar-refractivity contribution in [2.24, 2.45) is 11.8 Å². The highest BCUT2D eigenvalue weighted by Crippen LogP contribution is 2.18. The molecule has 25 heavy (non-hydrogen) atoms. The van der Waals surface area contributed by atoms with E-state index in [1.165, 1.54) is 0 Å². The van der Waals surface area contributed by atoms with Crippen molar-refractivity contribution in [3.8, 4) is 0 Å². The van der Waals surface area contributed by atoms with E-state index in [-0.39, 0.29) is 24.3 Å². The van der Waals surface area contributed by atoms with Gasteiger partial charge >= 0.3 is 6.03 Å². The van der Waals surface area contributed by atoms with Gasteiger partial charge < -0.3 is 20.6 Å². The largest absolute Gasteiger partial charge is 0.396 e. The fourth-order valence-corrected chi connectivity index (χ4v) is 3.01. The van der Waals surface area contributed by atoms with Crippen LogP contribution in [0.25, 0.3) is 0 Å². The average Bonchev–Trinajstić information content (AvgIpc) is 2.61. The summed E-state index contributed by atoms with van der Waals surface area (Å²) in [4.78, 5) is 30.8. The van der Waals surface area contributed by atoms with E-state index in [2.05, 4.69) is 15.6 Å². The molecule has 3 amide bonds. The lowest BCUT2D eigenvalue weighted by Crippen LogP contribution is -2.52. The van der Waals surface area contributed by atoms with Crippen molar-refractivity contribution < 1.29 is 14.7 Å². The van der Waals surface area contributed by atoms with E-state index in [1.807, 2.05) is 13.8 Å². The molecule has 1 aromatic heterocycles. The highest BCUT2D eigenvalue weighted by atomic mass is 16.3. The summed E-state index contributed by atoms with van der Waals surface area (Å²) < 4.78 is 0. The summed E-state index contributed by atoms with van der Waals surface area (Å²) in [5.74, 6) is 0.510. The van der Waals surface area contributed by atoms with Crippen molar-refractivity contribution in [2.75, 3.05) is 25.0 Å². The Hall–Kier alpha value is -2.15. The first-order chi connectivity index (χ1) is 12.0. The summed E-state index contributed by atoms with van der Waals surface area (Å²) in [6, 6.07) is 2.44. The van der Waals surface area contributed by atoms with Crippen molar-refractivity contribution in [3.63, 3.8) is 0 Å². The first kappa shape index (κ1) is 19.2. The van der Waals surface area contributed by atoms with Crippen LogP contribution >= 0.6 is 0 Å². The van der Waals surface area contributed by atoms with Gasteiger partial charge in [-0.15, -0.1) is 0 Å². The van der Waals surface area contributed by atoms with Gasteiger partial charge in [0.2, 0.25) is 5.91 Å². The molecule has 1 aliphatic rings. The number of carbonyl (C=O) groups is 2. The third-order valence-electron chi connectivity index (χ3n) is 4.43. The smallest absolute Gasteiger partial charge is 0.319 e. The number of anilines is 1. The quantitative estimate of drug-likeness (QED) is 0.731. The van der Waals surface area contributed by atoms with Crippen LogP contribution in [0.2, 0.25) is 0 Å². The van der Waals surface area contributed by atoms with Gasteiger partial charge in [-0.25, -0.2) is 4.79 Å². The fourth-order valence-electron chi connectivity index (χ4n) is 3.01. The molecular weight excluding hydrogens is 320 g/mol. The Morgan fingerprint density at radius 1 is 1.28 bits per heavy atom. The number of likely N-dealkylation sites (tertiary alicyclic amines) is 1. The zero-order valence-corrected chi connectivity index (χ0v) is 14.9. The minimum Gasteiger partial charge on any atom is -0.396 e. The number of carbonyl (C=O) groups excluding carboxylic acids is 2. The molecule has 0 aromatic carbocycles. The fraction of sp³-hybridized carbons (Fsp3) is 0.611. The lowest BCUT2D eigenvalue weighted by Gasteiger charge is -2.34. The van der Waals surface area contributed by atoms with E-state index in [1.54, 1.807) is 29.4 Å². The van der Waals surface area contributed by atoms with Gasteiger partial charge in [0.1, 0.15) is 6.04 Å². The summed E-state index contributed by atoms with van der Waals surface area (Å²) in [6.07, 6.45) is 5.39. The Balaban J connectivity index is 1.95. The molecule has 2 rings (SSSR count). The Morgan fingerprint density at radius 2 is 1.92 bits per heavy atom. The van der Waals surface area contributed by atoms with Gasteiger partial charge in [-0.2, -0.15) is 0 Å². The summed E-state index contributed by atoms with van der Waals surface area (Å²) in [7, 11) is 0. The average molecular weight is 348 g/mol. The molecular formula is C18H28N4O3. The number of pyridine rings is 1. The topological polar surface area (TPSA) is 94.6 Å². The van der Waals surface area contributed by atoms with Crippen LogP contribution in [0.5, 0.6) is 0 Å². The number of hydrogen-bond acceptors (Lipinski definition) is 4. The van der Waals surface area contributed by atoms with E-state index in [0.717, 1.165) is 12.8 Å². The first-order valence-electron chi connectivity index (χ1n) is 8.86. The van der Waals surface area contributed by atoms with Crippen molar-refractivity contribution in [3.05, 3.63) is 24.5 Å². The monoisotopic (exact) mass is 348 g/mol. The normalized spacial score (nSPS) is 16.6. The number of hydrogen-bond donors (Lipinski definition) is 3. The molecule has 1 saturated heterocycles. The lowest BCUT2D eigenvalue weighted by atomic mass is 9.96. The SMILES string of the molecule is CC(C)C[C@H](NC(=O)Nc1ccncc1)C(=O)N1CCC(CO)CC1. The number of aliphatic hydroxyl groups is 1. The van der Waals surface area contributed by atoms with Gasteiger partial charge in [0.25, 0.3) is 0 Å². The maximum Gasteiger partial charge on any atom is 0.319 e. The molecule has 3 N–H and O–H groups in total. The molecule has 0 radical (unpaired) electrons. The van der Waals surface area contributed by atoms with Crippen LogP contribution in [0, 0.1) is 11.8 Å². The van der Waals surface area contributed by atoms with Crippen LogP contribution < -0.4 is 10.6 Å². The van der Waals surface area contributed by atoms with Gasteiger partial charge in [0, 0.05) is 37.8 Å². The number of nitrogens with zero attached hydrogens (tertiary/aromatic N) is 2. The molecule has 2 heterocycles. The second kappa shape index (κ2) is 9.36. The van der Waals surface area contributed by atoms with Gasteiger partial charge in [0.05, 0.1) is 0 Å². The number of amides is 3. The van der Waals surface area contributed by atoms with Gasteiger partial charge in [0.15, 0.2) is 0 Å². The summed E-state index contributed by atoms with van der Waals surface area (Å²) >= 11 is 0. The molecule has 0 aliphatic carbocycles. The Bertz CT molecular complexity index is 557. The van der Waals surface area contributed by atoms with Crippen molar-refractivity contribution in [2.45, 2.75) is 39.2 Å². The Labute approximate surface area is 148 Å². The van der Waals surface area contributed by atoms with Gasteiger partial charge in [-0.05, 0) is 43.2 Å². The van der Waals surface area contributed by atoms with Gasteiger partial charge in [-0.1, -0.05) is 13.8 Å². The van der Waals surface area contributed by atoms with Crippen molar-refractivity contribution in [1.29, 1.82) is 0 Å². The van der Waals surface area contributed by atoms with E-state index in [4.69, 9.17) is 0 Å². The van der Waals surface area contributed by atoms with Crippen LogP contribution in [0.4, 0.5) is 10.5 Å². The Kier molecular flexibility index (Phi) is 7.18. The molecule has 7 nitrogen and oxygen atoms in total. The lowest BCUT2D eigenvalue weighted by molar-refractivity contribution is -0.135. The van der Waals surface area contributed by atoms with Crippen LogP contribution in [-0.4, -0.2) is 52.7 Å². The number of rotatable bonds is 6. The zero-order valence-electron chi connectivity index (χ0n) is 14.9. The highest BCUT2D eigenvalue weighted by Gasteiger charge is 2.29. The van der Waals surface area contributed by atoms with E-state index >= 15 is 0 Å². The summed E-state index contributed by atoms with van der Waals surface area (Å²) in [5, 5.41) is 14.8. The molecule has 0 saturated carbocycles. The summed E-state index contributed by atoms with van der Waals surface area (Å²) in [6.45, 7) is 5.49. The van der Waals surface area contributed by atoms with Crippen molar-refractivity contribution in [1.82, 2.24) is 15.2 Å². The van der Waals surface area contributed by atoms with Crippen molar-refractivity contribution >= 4 is 17.6 Å². The minimum absolute atomic E-state index is 0.0463. The molecule has 0 unspecified atom stereocenters. The Morgan fingerprint density at radius 3 is 2.48 bits per heavy atom. The third kappa shape index (κ3) is 6.01. The third-order valence-corrected chi connectivity index (χ3v) is 4.43. The molecule has 1 fully saturated rings. The molecule has 1 atom stereocenters. The molecule has 1 aromatic rings. The predicted octanol–water partition coefficient (Wildman–Crippen LogP) is 1.85. The molecule has 1 aliphatic heterocycles. The molecule has 0 spiro atoms. The van der Waals surface area contributed by atoms with Crippen LogP contribution in [0.3, 0.4) is 0 Å². The number of nitrogens with one attached hydrogen (secondary N) is 2. The maximum atomic E-state index is 12.8. The summed E-state index contributed by atoms with van der Waals surface area (Å²) in [5.41, 5.74) is 0.631. The number of piperidine rings is 1.